The predicted octanol–water partition coefficient (Wildman–Crippen LogP) is 3.33. The highest BCUT2D eigenvalue weighted by Gasteiger charge is 2.25. The van der Waals surface area contributed by atoms with Gasteiger partial charge >= 0.3 is 6.03 Å². The minimum atomic E-state index is -0.185. The first kappa shape index (κ1) is 19.9. The maximum absolute atomic E-state index is 12.7. The minimum absolute atomic E-state index is 0.123. The fraction of sp³-hybridized carbons (Fsp3) is 0.600. The summed E-state index contributed by atoms with van der Waals surface area (Å²) in [6.07, 6.45) is 6.24. The topological polar surface area (TPSA) is 100 Å². The first-order valence-electron chi connectivity index (χ1n) is 10.2. The van der Waals surface area contributed by atoms with Crippen LogP contribution in [-0.4, -0.2) is 39.6 Å². The molecule has 1 saturated carbocycles. The normalized spacial score (nSPS) is 16.7. The van der Waals surface area contributed by atoms with E-state index in [1.807, 2.05) is 18.7 Å². The summed E-state index contributed by atoms with van der Waals surface area (Å²) in [5.41, 5.74) is 2.86. The van der Waals surface area contributed by atoms with Crippen LogP contribution in [0.5, 0.6) is 0 Å². The summed E-state index contributed by atoms with van der Waals surface area (Å²) in [7, 11) is 0. The maximum Gasteiger partial charge on any atom is 0.321 e. The molecule has 2 aromatic rings. The molecular weight excluding hydrogens is 390 g/mol. The zero-order chi connectivity index (χ0) is 20.4. The van der Waals surface area contributed by atoms with Crippen molar-refractivity contribution in [1.82, 2.24) is 20.4 Å². The summed E-state index contributed by atoms with van der Waals surface area (Å²) in [6, 6.07) is 0.0887. The van der Waals surface area contributed by atoms with Gasteiger partial charge in [-0.05, 0) is 33.1 Å². The quantitative estimate of drug-likeness (QED) is 0.777. The van der Waals surface area contributed by atoms with Gasteiger partial charge in [-0.3, -0.25) is 10.1 Å². The highest BCUT2D eigenvalue weighted by molar-refractivity contribution is 7.15. The van der Waals surface area contributed by atoms with Crippen molar-refractivity contribution in [2.45, 2.75) is 71.4 Å². The van der Waals surface area contributed by atoms with Gasteiger partial charge in [-0.15, -0.1) is 0 Å². The van der Waals surface area contributed by atoms with Crippen LogP contribution in [0.3, 0.4) is 0 Å². The molecule has 2 aliphatic rings. The standard InChI is InChI=1S/C20H27N5O3S/c1-12-15(13(2)28-24-12)7-8-18(26)25-10-9-16-17(11-25)29-20(22-16)23-19(27)21-14-5-3-4-6-14/h14H,3-11H2,1-2H3,(H2,21,22,23,27). The number of rotatable bonds is 5. The lowest BCUT2D eigenvalue weighted by Crippen LogP contribution is -2.36. The number of carbonyl (C=O) groups is 2. The molecule has 156 valence electrons. The van der Waals surface area contributed by atoms with Gasteiger partial charge in [-0.2, -0.15) is 0 Å². The Balaban J connectivity index is 1.31. The van der Waals surface area contributed by atoms with E-state index in [1.165, 1.54) is 24.2 Å². The van der Waals surface area contributed by atoms with Crippen LogP contribution in [-0.2, 0) is 24.2 Å². The van der Waals surface area contributed by atoms with E-state index in [0.29, 0.717) is 31.1 Å². The lowest BCUT2D eigenvalue weighted by molar-refractivity contribution is -0.132. The third-order valence-electron chi connectivity index (χ3n) is 5.76. The number of hydrogen-bond acceptors (Lipinski definition) is 6. The first-order chi connectivity index (χ1) is 14.0. The Morgan fingerprint density at radius 1 is 1.28 bits per heavy atom. The van der Waals surface area contributed by atoms with E-state index in [9.17, 15) is 9.59 Å². The molecule has 0 saturated heterocycles. The van der Waals surface area contributed by atoms with Gasteiger partial charge < -0.3 is 14.7 Å². The van der Waals surface area contributed by atoms with Crippen LogP contribution in [0.15, 0.2) is 4.52 Å². The Morgan fingerprint density at radius 3 is 2.79 bits per heavy atom. The highest BCUT2D eigenvalue weighted by atomic mass is 32.1. The molecule has 0 unspecified atom stereocenters. The number of carbonyl (C=O) groups excluding carboxylic acids is 2. The minimum Gasteiger partial charge on any atom is -0.361 e. The van der Waals surface area contributed by atoms with Gasteiger partial charge in [0, 0.05) is 35.9 Å². The SMILES string of the molecule is Cc1noc(C)c1CCC(=O)N1CCc2nc(NC(=O)NC3CCCC3)sc2C1. The largest absolute Gasteiger partial charge is 0.361 e. The Bertz CT molecular complexity index is 881. The van der Waals surface area contributed by atoms with E-state index in [-0.39, 0.29) is 18.0 Å². The number of anilines is 1. The van der Waals surface area contributed by atoms with Crippen LogP contribution >= 0.6 is 11.3 Å². The van der Waals surface area contributed by atoms with Crippen LogP contribution in [0.25, 0.3) is 0 Å². The molecule has 0 atom stereocenters. The molecule has 4 rings (SSSR count). The van der Waals surface area contributed by atoms with E-state index in [0.717, 1.165) is 46.9 Å². The molecule has 2 N–H and O–H groups in total. The Kier molecular flexibility index (Phi) is 5.84. The van der Waals surface area contributed by atoms with Gasteiger partial charge in [0.1, 0.15) is 5.76 Å². The molecule has 29 heavy (non-hydrogen) atoms. The van der Waals surface area contributed by atoms with E-state index in [4.69, 9.17) is 4.52 Å². The van der Waals surface area contributed by atoms with Crippen molar-refractivity contribution in [3.63, 3.8) is 0 Å². The number of aryl methyl sites for hydroxylation is 2. The second-order valence-corrected chi connectivity index (χ2v) is 8.92. The van der Waals surface area contributed by atoms with Gasteiger partial charge in [-0.1, -0.05) is 29.3 Å². The number of urea groups is 1. The molecule has 1 aliphatic heterocycles. The van der Waals surface area contributed by atoms with Crippen LogP contribution in [0, 0.1) is 13.8 Å². The van der Waals surface area contributed by atoms with Gasteiger partial charge in [0.25, 0.3) is 0 Å². The van der Waals surface area contributed by atoms with Gasteiger partial charge in [0.15, 0.2) is 5.13 Å². The van der Waals surface area contributed by atoms with Crippen molar-refractivity contribution < 1.29 is 14.1 Å². The van der Waals surface area contributed by atoms with Gasteiger partial charge in [0.2, 0.25) is 5.91 Å². The van der Waals surface area contributed by atoms with E-state index in [2.05, 4.69) is 20.8 Å². The van der Waals surface area contributed by atoms with Crippen LogP contribution < -0.4 is 10.6 Å². The smallest absolute Gasteiger partial charge is 0.321 e. The summed E-state index contributed by atoms with van der Waals surface area (Å²) in [5.74, 6) is 0.905. The molecular formula is C20H27N5O3S. The molecule has 0 aromatic carbocycles. The third kappa shape index (κ3) is 4.60. The summed E-state index contributed by atoms with van der Waals surface area (Å²) in [4.78, 5) is 32.3. The fourth-order valence-corrected chi connectivity index (χ4v) is 5.12. The number of thiazole rings is 1. The van der Waals surface area contributed by atoms with Crippen LogP contribution in [0.4, 0.5) is 9.93 Å². The average molecular weight is 418 g/mol. The lowest BCUT2D eigenvalue weighted by Gasteiger charge is -2.26. The van der Waals surface area contributed by atoms with Crippen molar-refractivity contribution in [1.29, 1.82) is 0 Å². The number of fused-ring (bicyclic) bond motifs is 1. The number of hydrogen-bond donors (Lipinski definition) is 2. The van der Waals surface area contributed by atoms with E-state index in [1.54, 1.807) is 0 Å². The second-order valence-electron chi connectivity index (χ2n) is 7.84. The predicted molar refractivity (Wildman–Crippen MR) is 110 cm³/mol. The summed E-state index contributed by atoms with van der Waals surface area (Å²) in [5, 5.41) is 10.4. The Hall–Kier alpha value is -2.42. The number of amides is 3. The highest BCUT2D eigenvalue weighted by Crippen LogP contribution is 2.29. The average Bonchev–Trinajstić information content (AvgIpc) is 3.40. The van der Waals surface area contributed by atoms with Gasteiger partial charge in [0.05, 0.1) is 17.9 Å². The number of nitrogens with zero attached hydrogens (tertiary/aromatic N) is 3. The zero-order valence-electron chi connectivity index (χ0n) is 16.9. The summed E-state index contributed by atoms with van der Waals surface area (Å²) >= 11 is 1.46. The molecule has 1 fully saturated rings. The molecule has 3 heterocycles. The molecule has 9 heteroatoms. The monoisotopic (exact) mass is 417 g/mol. The Morgan fingerprint density at radius 2 is 2.07 bits per heavy atom. The first-order valence-corrected chi connectivity index (χ1v) is 11.1. The second kappa shape index (κ2) is 8.52. The molecule has 8 nitrogen and oxygen atoms in total. The number of nitrogens with one attached hydrogen (secondary N) is 2. The molecule has 3 amide bonds. The van der Waals surface area contributed by atoms with Crippen molar-refractivity contribution >= 4 is 28.4 Å². The van der Waals surface area contributed by atoms with Crippen LogP contribution in [0.1, 0.15) is 59.7 Å². The summed E-state index contributed by atoms with van der Waals surface area (Å²) in [6.45, 7) is 4.99. The number of aromatic nitrogens is 2. The van der Waals surface area contributed by atoms with E-state index < -0.39 is 0 Å². The van der Waals surface area contributed by atoms with Crippen molar-refractivity contribution in [3.05, 3.63) is 27.6 Å². The lowest BCUT2D eigenvalue weighted by atomic mass is 10.1. The Labute approximate surface area is 174 Å². The molecule has 0 radical (unpaired) electrons. The third-order valence-corrected chi connectivity index (χ3v) is 6.76. The van der Waals surface area contributed by atoms with Crippen molar-refractivity contribution in [2.24, 2.45) is 0 Å². The fourth-order valence-electron chi connectivity index (χ4n) is 4.10. The maximum atomic E-state index is 12.7. The van der Waals surface area contributed by atoms with Crippen LogP contribution in [0.2, 0.25) is 0 Å². The summed E-state index contributed by atoms with van der Waals surface area (Å²) < 4.78 is 5.17. The van der Waals surface area contributed by atoms with Crippen molar-refractivity contribution in [3.8, 4) is 0 Å². The molecule has 0 spiro atoms. The molecule has 0 bridgehead atoms. The zero-order valence-corrected chi connectivity index (χ0v) is 17.7. The molecule has 1 aliphatic carbocycles. The van der Waals surface area contributed by atoms with Gasteiger partial charge in [-0.25, -0.2) is 9.78 Å². The van der Waals surface area contributed by atoms with E-state index >= 15 is 0 Å². The molecule has 2 aromatic heterocycles. The van der Waals surface area contributed by atoms with Crippen molar-refractivity contribution in [2.75, 3.05) is 11.9 Å².